The maximum Gasteiger partial charge on any atom is 0.490 e. The van der Waals surface area contributed by atoms with Crippen molar-refractivity contribution in [2.45, 2.75) is 31.8 Å². The van der Waals surface area contributed by atoms with Crippen LogP contribution in [0.2, 0.25) is 0 Å². The first-order chi connectivity index (χ1) is 14.6. The molecule has 1 aromatic rings. The third-order valence-electron chi connectivity index (χ3n) is 3.84. The molecule has 16 nitrogen and oxygen atoms in total. The summed E-state index contributed by atoms with van der Waals surface area (Å²) in [4.78, 5) is 62.0. The van der Waals surface area contributed by atoms with Crippen LogP contribution in [0.4, 0.5) is 0 Å². The molecule has 5 atom stereocenters. The minimum Gasteiger partial charge on any atom is -0.375 e. The van der Waals surface area contributed by atoms with Crippen LogP contribution in [-0.4, -0.2) is 54.5 Å². The van der Waals surface area contributed by atoms with Gasteiger partial charge < -0.3 is 29.0 Å². The Balaban J connectivity index is 2.23. The molecule has 2 rings (SSSR count). The topological polar surface area (TPSA) is 233 Å². The van der Waals surface area contributed by atoms with Gasteiger partial charge in [-0.05, 0) is 6.92 Å². The third kappa shape index (κ3) is 7.96. The number of hydrogen-bond acceptors (Lipinski definition) is 10. The predicted octanol–water partition coefficient (Wildman–Crippen LogP) is 0.0470. The average Bonchev–Trinajstić information content (AvgIpc) is 2.96. The van der Waals surface area contributed by atoms with E-state index in [4.69, 9.17) is 23.8 Å². The lowest BCUT2D eigenvalue weighted by Gasteiger charge is -2.22. The number of nitrogens with zero attached hydrogens (tertiary/aromatic N) is 1. The second kappa shape index (κ2) is 10.3. The van der Waals surface area contributed by atoms with Crippen molar-refractivity contribution in [2.24, 2.45) is 0 Å². The molecule has 0 saturated carbocycles. The number of aryl methyl sites for hydroxylation is 1. The highest BCUT2D eigenvalue weighted by atomic mass is 31.3. The van der Waals surface area contributed by atoms with E-state index in [1.807, 2.05) is 0 Å². The molecule has 32 heavy (non-hydrogen) atoms. The molecular weight excluding hydrogens is 501 g/mol. The summed E-state index contributed by atoms with van der Waals surface area (Å²) in [6, 6.07) is 0. The summed E-state index contributed by atoms with van der Waals surface area (Å²) in [6.45, 7) is 4.70. The molecule has 1 fully saturated rings. The number of aromatic nitrogens is 2. The molecule has 0 aromatic carbocycles. The number of H-pyrrole nitrogens is 1. The Morgan fingerprint density at radius 1 is 1.22 bits per heavy atom. The van der Waals surface area contributed by atoms with Crippen molar-refractivity contribution in [3.05, 3.63) is 45.3 Å². The molecule has 1 saturated heterocycles. The summed E-state index contributed by atoms with van der Waals surface area (Å²) in [5.74, 6) is 0. The van der Waals surface area contributed by atoms with Crippen LogP contribution < -0.4 is 11.2 Å². The van der Waals surface area contributed by atoms with Gasteiger partial charge in [-0.15, -0.1) is 6.58 Å². The van der Waals surface area contributed by atoms with Crippen LogP contribution >= 0.6 is 23.5 Å². The summed E-state index contributed by atoms with van der Waals surface area (Å²) in [5, 5.41) is 0. The molecule has 0 bridgehead atoms. The van der Waals surface area contributed by atoms with E-state index in [0.717, 1.165) is 4.57 Å². The third-order valence-corrected chi connectivity index (χ3v) is 7.70. The van der Waals surface area contributed by atoms with E-state index in [2.05, 4.69) is 20.2 Å². The number of aromatic amines is 1. The molecule has 0 radical (unpaired) electrons. The van der Waals surface area contributed by atoms with Gasteiger partial charge in [0, 0.05) is 18.2 Å². The molecule has 5 N–H and O–H groups in total. The standard InChI is InChI=1S/C13H21N2O14P3/c1-3-4-25-7-10-9(27-31(21,22)29-32(23,24)28-30(18,19)20)5-11(26-10)15-6-8(2)12(16)14-13(15)17/h3,6,9-11H,1,4-5,7H2,2H3,(H,21,22)(H,23,24)(H,14,16,17)(H2,18,19,20)/t9-,10+,11+/m0/s1. The zero-order chi connectivity index (χ0) is 24.3. The SMILES string of the molecule is C=CCOC[C@H]1O[C@@H](n2cc(C)c(=O)[nH]c2=O)C[C@@H]1OP(=O)(O)OP(=O)(O)OP(=O)(O)O. The van der Waals surface area contributed by atoms with Gasteiger partial charge in [0.15, 0.2) is 0 Å². The minimum absolute atomic E-state index is 0.0597. The van der Waals surface area contributed by atoms with Crippen molar-refractivity contribution in [3.63, 3.8) is 0 Å². The molecule has 0 aliphatic carbocycles. The van der Waals surface area contributed by atoms with Gasteiger partial charge in [0.1, 0.15) is 18.4 Å². The van der Waals surface area contributed by atoms with Gasteiger partial charge in [-0.3, -0.25) is 18.9 Å². The monoisotopic (exact) mass is 522 g/mol. The van der Waals surface area contributed by atoms with E-state index >= 15 is 0 Å². The van der Waals surface area contributed by atoms with Crippen molar-refractivity contribution >= 4 is 23.5 Å². The van der Waals surface area contributed by atoms with E-state index < -0.39 is 53.2 Å². The van der Waals surface area contributed by atoms with Crippen LogP contribution in [0.15, 0.2) is 28.4 Å². The summed E-state index contributed by atoms with van der Waals surface area (Å²) in [6.07, 6.45) is -1.26. The average molecular weight is 522 g/mol. The quantitative estimate of drug-likeness (QED) is 0.147. The normalized spacial score (nSPS) is 25.2. The summed E-state index contributed by atoms with van der Waals surface area (Å²) in [7, 11) is -16.7. The fourth-order valence-electron chi connectivity index (χ4n) is 2.67. The van der Waals surface area contributed by atoms with Crippen LogP contribution in [0.25, 0.3) is 0 Å². The van der Waals surface area contributed by atoms with Crippen molar-refractivity contribution in [3.8, 4) is 0 Å². The molecule has 2 heterocycles. The minimum atomic E-state index is -5.71. The van der Waals surface area contributed by atoms with E-state index in [9.17, 15) is 33.1 Å². The maximum atomic E-state index is 12.2. The fourth-order valence-corrected chi connectivity index (χ4v) is 5.89. The Kier molecular flexibility index (Phi) is 8.73. The smallest absolute Gasteiger partial charge is 0.375 e. The van der Waals surface area contributed by atoms with Crippen molar-refractivity contribution < 1.29 is 55.9 Å². The second-order valence-corrected chi connectivity index (χ2v) is 10.8. The zero-order valence-electron chi connectivity index (χ0n) is 16.4. The Morgan fingerprint density at radius 2 is 1.88 bits per heavy atom. The number of ether oxygens (including phenoxy) is 2. The van der Waals surface area contributed by atoms with Crippen LogP contribution in [0, 0.1) is 6.92 Å². The van der Waals surface area contributed by atoms with Crippen molar-refractivity contribution in [1.82, 2.24) is 9.55 Å². The van der Waals surface area contributed by atoms with Gasteiger partial charge in [0.25, 0.3) is 5.56 Å². The molecular formula is C13H21N2O14P3. The molecule has 1 aromatic heterocycles. The van der Waals surface area contributed by atoms with Crippen molar-refractivity contribution in [1.29, 1.82) is 0 Å². The Bertz CT molecular complexity index is 1090. The number of phosphoric ester groups is 1. The highest BCUT2D eigenvalue weighted by molar-refractivity contribution is 7.66. The number of rotatable bonds is 11. The summed E-state index contributed by atoms with van der Waals surface area (Å²) >= 11 is 0. The molecule has 1 aliphatic heterocycles. The molecule has 1 aliphatic rings. The largest absolute Gasteiger partial charge is 0.490 e. The molecule has 19 heteroatoms. The Hall–Kier alpha value is -1.25. The van der Waals surface area contributed by atoms with Gasteiger partial charge in [-0.1, -0.05) is 6.08 Å². The molecule has 2 unspecified atom stereocenters. The Morgan fingerprint density at radius 3 is 2.47 bits per heavy atom. The molecule has 182 valence electrons. The second-order valence-electron chi connectivity index (χ2n) is 6.40. The van der Waals surface area contributed by atoms with Crippen LogP contribution in [0.3, 0.4) is 0 Å². The first kappa shape index (κ1) is 27.0. The first-order valence-corrected chi connectivity index (χ1v) is 13.1. The lowest BCUT2D eigenvalue weighted by Crippen LogP contribution is -2.33. The first-order valence-electron chi connectivity index (χ1n) is 8.61. The number of hydrogen-bond donors (Lipinski definition) is 5. The maximum absolute atomic E-state index is 12.2. The lowest BCUT2D eigenvalue weighted by atomic mass is 10.2. The van der Waals surface area contributed by atoms with Crippen LogP contribution in [0.1, 0.15) is 18.2 Å². The Labute approximate surface area is 179 Å². The van der Waals surface area contributed by atoms with Crippen LogP contribution in [0.5, 0.6) is 0 Å². The lowest BCUT2D eigenvalue weighted by molar-refractivity contribution is -0.0587. The summed E-state index contributed by atoms with van der Waals surface area (Å²) < 4.78 is 58.5. The zero-order valence-corrected chi connectivity index (χ0v) is 19.1. The van der Waals surface area contributed by atoms with Gasteiger partial charge in [-0.25, -0.2) is 18.5 Å². The van der Waals surface area contributed by atoms with E-state index in [0.29, 0.717) is 0 Å². The number of nitrogens with one attached hydrogen (secondary N) is 1. The molecule has 0 spiro atoms. The van der Waals surface area contributed by atoms with Crippen LogP contribution in [-0.2, 0) is 36.3 Å². The van der Waals surface area contributed by atoms with E-state index in [1.165, 1.54) is 19.2 Å². The molecule has 0 amide bonds. The summed E-state index contributed by atoms with van der Waals surface area (Å²) in [5.41, 5.74) is -1.29. The van der Waals surface area contributed by atoms with E-state index in [1.54, 1.807) is 0 Å². The van der Waals surface area contributed by atoms with Gasteiger partial charge in [0.05, 0.1) is 13.2 Å². The fraction of sp³-hybridized carbons (Fsp3) is 0.538. The van der Waals surface area contributed by atoms with Gasteiger partial charge >= 0.3 is 29.2 Å². The van der Waals surface area contributed by atoms with Gasteiger partial charge in [-0.2, -0.15) is 8.62 Å². The predicted molar refractivity (Wildman–Crippen MR) is 104 cm³/mol. The number of phosphoric acid groups is 3. The van der Waals surface area contributed by atoms with E-state index in [-0.39, 0.29) is 25.2 Å². The van der Waals surface area contributed by atoms with Crippen molar-refractivity contribution in [2.75, 3.05) is 13.2 Å². The highest BCUT2D eigenvalue weighted by Gasteiger charge is 2.46. The highest BCUT2D eigenvalue weighted by Crippen LogP contribution is 2.67. The van der Waals surface area contributed by atoms with Gasteiger partial charge in [0.2, 0.25) is 0 Å².